The maximum atomic E-state index is 12.1. The summed E-state index contributed by atoms with van der Waals surface area (Å²) in [5.41, 5.74) is -0.418. The molecule has 0 unspecified atom stereocenters. The fourth-order valence-electron chi connectivity index (χ4n) is 2.83. The zero-order valence-corrected chi connectivity index (χ0v) is 15.8. The number of rotatable bonds is 17. The summed E-state index contributed by atoms with van der Waals surface area (Å²) in [5.74, 6) is -2.04. The van der Waals surface area contributed by atoms with Crippen LogP contribution in [0.1, 0.15) is 96.8 Å². The molecule has 0 saturated carbocycles. The summed E-state index contributed by atoms with van der Waals surface area (Å²) in [5, 5.41) is 27.9. The number of carboxylic acids is 1. The Morgan fingerprint density at radius 3 is 1.68 bits per heavy atom. The highest BCUT2D eigenvalue weighted by Crippen LogP contribution is 2.17. The van der Waals surface area contributed by atoms with Crippen LogP contribution in [0.5, 0.6) is 0 Å². The van der Waals surface area contributed by atoms with Gasteiger partial charge < -0.3 is 15.3 Å². The van der Waals surface area contributed by atoms with Gasteiger partial charge in [-0.25, -0.2) is 4.79 Å². The molecule has 0 heterocycles. The molecule has 0 spiro atoms. The Kier molecular flexibility index (Phi) is 15.2. The average molecular weight is 357 g/mol. The van der Waals surface area contributed by atoms with Crippen LogP contribution >= 0.6 is 0 Å². The molecule has 5 heteroatoms. The van der Waals surface area contributed by atoms with Crippen molar-refractivity contribution in [3.05, 3.63) is 11.3 Å². The molecular formula is C20H36O5. The van der Waals surface area contributed by atoms with Crippen molar-refractivity contribution in [3.8, 4) is 0 Å². The number of Topliss-reactive ketones (excluding diaryl/α,β-unsaturated/α-hetero) is 1. The number of carbonyl (C=O) groups excluding carboxylic acids is 1. The first-order valence-electron chi connectivity index (χ1n) is 9.84. The lowest BCUT2D eigenvalue weighted by Gasteiger charge is -2.07. The Morgan fingerprint density at radius 1 is 0.680 bits per heavy atom. The summed E-state index contributed by atoms with van der Waals surface area (Å²) in [6.45, 7) is 2.35. The van der Waals surface area contributed by atoms with E-state index in [2.05, 4.69) is 6.92 Å². The number of allylic oxidation sites excluding steroid dienone is 1. The largest absolute Gasteiger partial charge is 0.511 e. The lowest BCUT2D eigenvalue weighted by atomic mass is 10.0. The first-order valence-corrected chi connectivity index (χ1v) is 9.84. The lowest BCUT2D eigenvalue weighted by Crippen LogP contribution is -2.15. The molecule has 0 aromatic carbocycles. The number of hydrogen-bond donors (Lipinski definition) is 3. The molecule has 0 saturated heterocycles. The van der Waals surface area contributed by atoms with Gasteiger partial charge in [-0.1, -0.05) is 64.7 Å². The average Bonchev–Trinajstić information content (AvgIpc) is 2.57. The van der Waals surface area contributed by atoms with Gasteiger partial charge >= 0.3 is 5.97 Å². The van der Waals surface area contributed by atoms with Crippen LogP contribution in [-0.4, -0.2) is 33.7 Å². The van der Waals surface area contributed by atoms with Gasteiger partial charge in [0.05, 0.1) is 0 Å². The number of unbranched alkanes of at least 4 members (excludes halogenated alkanes) is 10. The molecule has 0 aliphatic carbocycles. The Balaban J connectivity index is 4.15. The van der Waals surface area contributed by atoms with E-state index in [1.54, 1.807) is 0 Å². The van der Waals surface area contributed by atoms with Crippen LogP contribution in [0.3, 0.4) is 0 Å². The zero-order valence-electron chi connectivity index (χ0n) is 15.8. The minimum atomic E-state index is -1.32. The molecule has 0 aliphatic rings. The molecule has 0 rings (SSSR count). The molecule has 0 amide bonds. The van der Waals surface area contributed by atoms with E-state index >= 15 is 0 Å². The third kappa shape index (κ3) is 12.6. The number of aliphatic hydroxyl groups excluding tert-OH is 2. The van der Waals surface area contributed by atoms with Crippen LogP contribution in [-0.2, 0) is 9.59 Å². The van der Waals surface area contributed by atoms with Gasteiger partial charge in [0.25, 0.3) is 0 Å². The van der Waals surface area contributed by atoms with Crippen molar-refractivity contribution in [1.29, 1.82) is 0 Å². The van der Waals surface area contributed by atoms with Gasteiger partial charge in [-0.15, -0.1) is 0 Å². The topological polar surface area (TPSA) is 94.8 Å². The maximum absolute atomic E-state index is 12.1. The van der Waals surface area contributed by atoms with Crippen molar-refractivity contribution in [2.45, 2.75) is 96.8 Å². The fraction of sp³-hybridized carbons (Fsp3) is 0.800. The van der Waals surface area contributed by atoms with E-state index in [9.17, 15) is 19.8 Å². The Hall–Kier alpha value is -1.36. The highest BCUT2D eigenvalue weighted by atomic mass is 16.4. The van der Waals surface area contributed by atoms with Gasteiger partial charge in [-0.2, -0.15) is 0 Å². The normalized spacial score (nSPS) is 12.1. The van der Waals surface area contributed by atoms with Crippen LogP contribution in [0.2, 0.25) is 0 Å². The Morgan fingerprint density at radius 2 is 1.16 bits per heavy atom. The van der Waals surface area contributed by atoms with Crippen LogP contribution < -0.4 is 0 Å². The molecular weight excluding hydrogens is 320 g/mol. The second kappa shape index (κ2) is 16.1. The van der Waals surface area contributed by atoms with Crippen molar-refractivity contribution in [2.75, 3.05) is 6.61 Å². The maximum Gasteiger partial charge on any atom is 0.342 e. The molecule has 0 aromatic heterocycles. The summed E-state index contributed by atoms with van der Waals surface area (Å²) in [6, 6.07) is 0. The highest BCUT2D eigenvalue weighted by Gasteiger charge is 2.21. The van der Waals surface area contributed by atoms with Crippen molar-refractivity contribution < 1.29 is 24.9 Å². The molecule has 0 atom stereocenters. The Bertz CT molecular complexity index is 401. The molecule has 0 aliphatic heterocycles. The van der Waals surface area contributed by atoms with E-state index in [1.165, 1.54) is 0 Å². The smallest absolute Gasteiger partial charge is 0.342 e. The lowest BCUT2D eigenvalue weighted by molar-refractivity contribution is -0.135. The molecule has 0 aromatic rings. The van der Waals surface area contributed by atoms with Crippen molar-refractivity contribution in [3.63, 3.8) is 0 Å². The van der Waals surface area contributed by atoms with Crippen LogP contribution in [0.25, 0.3) is 0 Å². The highest BCUT2D eigenvalue weighted by molar-refractivity contribution is 6.16. The minimum Gasteiger partial charge on any atom is -0.511 e. The minimum absolute atomic E-state index is 0.195. The van der Waals surface area contributed by atoms with Crippen molar-refractivity contribution >= 4 is 11.8 Å². The molecule has 0 bridgehead atoms. The van der Waals surface area contributed by atoms with E-state index in [4.69, 9.17) is 5.11 Å². The van der Waals surface area contributed by atoms with Gasteiger partial charge in [0.15, 0.2) is 5.78 Å². The van der Waals surface area contributed by atoms with Gasteiger partial charge in [0, 0.05) is 19.4 Å². The quantitative estimate of drug-likeness (QED) is 0.113. The predicted molar refractivity (Wildman–Crippen MR) is 99.7 cm³/mol. The van der Waals surface area contributed by atoms with Gasteiger partial charge in [-0.3, -0.25) is 4.79 Å². The molecule has 3 N–H and O–H groups in total. The number of carboxylic acid groups (broad SMARTS) is 1. The number of hydrogen-bond acceptors (Lipinski definition) is 4. The monoisotopic (exact) mass is 356 g/mol. The zero-order chi connectivity index (χ0) is 18.9. The first kappa shape index (κ1) is 23.6. The second-order valence-electron chi connectivity index (χ2n) is 6.66. The molecule has 25 heavy (non-hydrogen) atoms. The molecule has 0 radical (unpaired) electrons. The third-order valence-electron chi connectivity index (χ3n) is 4.36. The molecule has 0 fully saturated rings. The van der Waals surface area contributed by atoms with Gasteiger partial charge in [-0.05, 0) is 19.3 Å². The predicted octanol–water partition coefficient (Wildman–Crippen LogP) is 4.93. The molecule has 146 valence electrons. The standard InChI is InChI=1S/C20H36O5/c1-2-3-4-8-11-14-17(22)19(20(24)25)18(23)15-12-9-6-5-7-10-13-16-21/h21,23H,2-16H2,1H3,(H,24,25). The third-order valence-corrected chi connectivity index (χ3v) is 4.36. The first-order chi connectivity index (χ1) is 12.0. The summed E-state index contributed by atoms with van der Waals surface area (Å²) in [7, 11) is 0. The summed E-state index contributed by atoms with van der Waals surface area (Å²) in [4.78, 5) is 23.4. The summed E-state index contributed by atoms with van der Waals surface area (Å²) >= 11 is 0. The van der Waals surface area contributed by atoms with Gasteiger partial charge in [0.2, 0.25) is 0 Å². The second-order valence-corrected chi connectivity index (χ2v) is 6.66. The fourth-order valence-corrected chi connectivity index (χ4v) is 2.83. The van der Waals surface area contributed by atoms with E-state index in [0.29, 0.717) is 12.8 Å². The number of ketones is 1. The number of aliphatic carboxylic acids is 1. The number of aliphatic hydroxyl groups is 2. The number of carbonyl (C=O) groups is 2. The van der Waals surface area contributed by atoms with Crippen LogP contribution in [0.15, 0.2) is 11.3 Å². The summed E-state index contributed by atoms with van der Waals surface area (Å²) < 4.78 is 0. The van der Waals surface area contributed by atoms with Crippen LogP contribution in [0.4, 0.5) is 0 Å². The SMILES string of the molecule is CCCCCCCC(=O)C(C(=O)O)=C(O)CCCCCCCCCO. The Labute approximate surface area is 152 Å². The van der Waals surface area contributed by atoms with Crippen molar-refractivity contribution in [1.82, 2.24) is 0 Å². The van der Waals surface area contributed by atoms with E-state index < -0.39 is 17.3 Å². The molecule has 5 nitrogen and oxygen atoms in total. The van der Waals surface area contributed by atoms with Crippen LogP contribution in [0, 0.1) is 0 Å². The van der Waals surface area contributed by atoms with E-state index in [1.807, 2.05) is 0 Å². The van der Waals surface area contributed by atoms with E-state index in [0.717, 1.165) is 64.2 Å². The van der Waals surface area contributed by atoms with Crippen molar-refractivity contribution in [2.24, 2.45) is 0 Å². The van der Waals surface area contributed by atoms with Gasteiger partial charge in [0.1, 0.15) is 11.3 Å². The van der Waals surface area contributed by atoms with E-state index in [-0.39, 0.29) is 25.2 Å². The summed E-state index contributed by atoms with van der Waals surface area (Å²) in [6.07, 6.45) is 12.0.